The minimum absolute atomic E-state index is 0.0509. The molecule has 1 N–H and O–H groups in total. The highest BCUT2D eigenvalue weighted by Gasteiger charge is 2.20. The van der Waals surface area contributed by atoms with Crippen LogP contribution in [0.4, 0.5) is 0 Å². The largest absolute Gasteiger partial charge is 0.495 e. The van der Waals surface area contributed by atoms with Gasteiger partial charge < -0.3 is 4.74 Å². The highest BCUT2D eigenvalue weighted by molar-refractivity contribution is 7.89. The fraction of sp³-hybridized carbons (Fsp3) is 0.333. The van der Waals surface area contributed by atoms with Crippen molar-refractivity contribution in [2.45, 2.75) is 25.3 Å². The Hall–Kier alpha value is -2.19. The SMILES string of the molecule is COc1cc(C)c(C)cc1S(=O)(=O)NCCn1ncccc1=O. The predicted octanol–water partition coefficient (Wildman–Crippen LogP) is 0.847. The van der Waals surface area contributed by atoms with Crippen LogP contribution in [0.25, 0.3) is 0 Å². The maximum atomic E-state index is 12.5. The molecule has 2 rings (SSSR count). The first-order valence-electron chi connectivity index (χ1n) is 7.02. The van der Waals surface area contributed by atoms with Crippen molar-refractivity contribution in [3.63, 3.8) is 0 Å². The molecule has 0 fully saturated rings. The number of benzene rings is 1. The van der Waals surface area contributed by atoms with E-state index in [1.165, 1.54) is 30.1 Å². The molecule has 8 heteroatoms. The second-order valence-electron chi connectivity index (χ2n) is 5.07. The van der Waals surface area contributed by atoms with Gasteiger partial charge in [0.25, 0.3) is 5.56 Å². The Morgan fingerprint density at radius 2 is 1.96 bits per heavy atom. The van der Waals surface area contributed by atoms with Crippen LogP contribution in [0.3, 0.4) is 0 Å². The lowest BCUT2D eigenvalue weighted by molar-refractivity contribution is 0.401. The molecule has 0 saturated carbocycles. The summed E-state index contributed by atoms with van der Waals surface area (Å²) in [4.78, 5) is 11.6. The van der Waals surface area contributed by atoms with Crippen LogP contribution in [-0.4, -0.2) is 31.9 Å². The van der Waals surface area contributed by atoms with Gasteiger partial charge in [-0.25, -0.2) is 17.8 Å². The lowest BCUT2D eigenvalue weighted by Crippen LogP contribution is -2.31. The van der Waals surface area contributed by atoms with Crippen molar-refractivity contribution >= 4 is 10.0 Å². The number of aryl methyl sites for hydroxylation is 2. The summed E-state index contributed by atoms with van der Waals surface area (Å²) in [5, 5.41) is 3.87. The second kappa shape index (κ2) is 6.93. The van der Waals surface area contributed by atoms with Gasteiger partial charge in [0.1, 0.15) is 10.6 Å². The van der Waals surface area contributed by atoms with Gasteiger partial charge in [-0.15, -0.1) is 0 Å². The molecular formula is C15H19N3O4S. The number of nitrogens with zero attached hydrogens (tertiary/aromatic N) is 2. The Kier molecular flexibility index (Phi) is 5.17. The summed E-state index contributed by atoms with van der Waals surface area (Å²) in [6.45, 7) is 3.91. The number of hydrogen-bond donors (Lipinski definition) is 1. The standard InChI is InChI=1S/C15H19N3O4S/c1-11-9-13(22-3)14(10-12(11)2)23(20,21)17-7-8-18-15(19)5-4-6-16-18/h4-6,9-10,17H,7-8H2,1-3H3. The van der Waals surface area contributed by atoms with Crippen LogP contribution in [0.5, 0.6) is 5.75 Å². The van der Waals surface area contributed by atoms with E-state index in [4.69, 9.17) is 4.74 Å². The monoisotopic (exact) mass is 337 g/mol. The minimum atomic E-state index is -3.74. The van der Waals surface area contributed by atoms with E-state index in [1.807, 2.05) is 13.8 Å². The highest BCUT2D eigenvalue weighted by Crippen LogP contribution is 2.26. The topological polar surface area (TPSA) is 90.3 Å². The van der Waals surface area contributed by atoms with Gasteiger partial charge in [-0.3, -0.25) is 4.79 Å². The quantitative estimate of drug-likeness (QED) is 0.844. The number of hydrogen-bond acceptors (Lipinski definition) is 5. The van der Waals surface area contributed by atoms with Crippen LogP contribution in [-0.2, 0) is 16.6 Å². The Morgan fingerprint density at radius 1 is 1.26 bits per heavy atom. The summed E-state index contributed by atoms with van der Waals surface area (Å²) in [6, 6.07) is 6.16. The van der Waals surface area contributed by atoms with E-state index in [9.17, 15) is 13.2 Å². The van der Waals surface area contributed by atoms with E-state index in [-0.39, 0.29) is 29.3 Å². The molecule has 124 valence electrons. The third kappa shape index (κ3) is 3.96. The molecular weight excluding hydrogens is 318 g/mol. The third-order valence-electron chi connectivity index (χ3n) is 3.47. The summed E-state index contributed by atoms with van der Waals surface area (Å²) >= 11 is 0. The van der Waals surface area contributed by atoms with Gasteiger partial charge in [0.2, 0.25) is 10.0 Å². The van der Waals surface area contributed by atoms with Crippen LogP contribution in [0.2, 0.25) is 0 Å². The molecule has 0 atom stereocenters. The number of methoxy groups -OCH3 is 1. The average molecular weight is 337 g/mol. The van der Waals surface area contributed by atoms with E-state index < -0.39 is 10.0 Å². The summed E-state index contributed by atoms with van der Waals surface area (Å²) < 4.78 is 33.7. The number of nitrogens with one attached hydrogen (secondary N) is 1. The highest BCUT2D eigenvalue weighted by atomic mass is 32.2. The molecule has 0 spiro atoms. The van der Waals surface area contributed by atoms with Crippen molar-refractivity contribution in [3.8, 4) is 5.75 Å². The molecule has 0 amide bonds. The molecule has 0 unspecified atom stereocenters. The molecule has 23 heavy (non-hydrogen) atoms. The average Bonchev–Trinajstić information content (AvgIpc) is 2.51. The van der Waals surface area contributed by atoms with E-state index in [0.717, 1.165) is 11.1 Å². The van der Waals surface area contributed by atoms with E-state index in [2.05, 4.69) is 9.82 Å². The van der Waals surface area contributed by atoms with Crippen LogP contribution < -0.4 is 15.0 Å². The zero-order chi connectivity index (χ0) is 17.0. The van der Waals surface area contributed by atoms with Gasteiger partial charge in [0.15, 0.2) is 0 Å². The van der Waals surface area contributed by atoms with Gasteiger partial charge in [0.05, 0.1) is 13.7 Å². The van der Waals surface area contributed by atoms with Gasteiger partial charge >= 0.3 is 0 Å². The van der Waals surface area contributed by atoms with Crippen molar-refractivity contribution in [1.29, 1.82) is 0 Å². The van der Waals surface area contributed by atoms with Gasteiger partial charge in [0, 0.05) is 18.8 Å². The Balaban J connectivity index is 2.18. The lowest BCUT2D eigenvalue weighted by Gasteiger charge is -2.13. The first-order chi connectivity index (χ1) is 10.8. The molecule has 1 aromatic carbocycles. The fourth-order valence-electron chi connectivity index (χ4n) is 2.05. The molecule has 0 aliphatic carbocycles. The van der Waals surface area contributed by atoms with Gasteiger partial charge in [-0.1, -0.05) is 0 Å². The van der Waals surface area contributed by atoms with Crippen LogP contribution >= 0.6 is 0 Å². The molecule has 1 heterocycles. The number of sulfonamides is 1. The maximum absolute atomic E-state index is 12.5. The summed E-state index contributed by atoms with van der Waals surface area (Å²) in [6.07, 6.45) is 1.47. The van der Waals surface area contributed by atoms with Crippen molar-refractivity contribution in [2.24, 2.45) is 0 Å². The van der Waals surface area contributed by atoms with Crippen LogP contribution in [0.15, 0.2) is 40.2 Å². The zero-order valence-corrected chi connectivity index (χ0v) is 14.1. The minimum Gasteiger partial charge on any atom is -0.495 e. The van der Waals surface area contributed by atoms with E-state index >= 15 is 0 Å². The normalized spacial score (nSPS) is 11.4. The number of ether oxygens (including phenoxy) is 1. The first-order valence-corrected chi connectivity index (χ1v) is 8.50. The van der Waals surface area contributed by atoms with Gasteiger partial charge in [-0.2, -0.15) is 5.10 Å². The first kappa shape index (κ1) is 17.2. The molecule has 0 aliphatic heterocycles. The zero-order valence-electron chi connectivity index (χ0n) is 13.2. The third-order valence-corrected chi connectivity index (χ3v) is 4.95. The number of rotatable bonds is 6. The Bertz CT molecular complexity index is 859. The molecule has 0 saturated heterocycles. The smallest absolute Gasteiger partial charge is 0.266 e. The number of aromatic nitrogens is 2. The molecule has 0 radical (unpaired) electrons. The Morgan fingerprint density at radius 3 is 2.61 bits per heavy atom. The molecule has 1 aromatic heterocycles. The van der Waals surface area contributed by atoms with Crippen LogP contribution in [0, 0.1) is 13.8 Å². The predicted molar refractivity (Wildman–Crippen MR) is 86.2 cm³/mol. The summed E-state index contributed by atoms with van der Waals surface area (Å²) in [7, 11) is -2.32. The maximum Gasteiger partial charge on any atom is 0.266 e. The van der Waals surface area contributed by atoms with Crippen molar-refractivity contribution < 1.29 is 13.2 Å². The summed E-state index contributed by atoms with van der Waals surface area (Å²) in [5.74, 6) is 0.288. The van der Waals surface area contributed by atoms with E-state index in [1.54, 1.807) is 12.1 Å². The lowest BCUT2D eigenvalue weighted by atomic mass is 10.1. The van der Waals surface area contributed by atoms with E-state index in [0.29, 0.717) is 0 Å². The molecule has 7 nitrogen and oxygen atoms in total. The molecule has 0 aliphatic rings. The van der Waals surface area contributed by atoms with Crippen molar-refractivity contribution in [2.75, 3.05) is 13.7 Å². The fourth-order valence-corrected chi connectivity index (χ4v) is 3.31. The summed E-state index contributed by atoms with van der Waals surface area (Å²) in [5.41, 5.74) is 1.52. The van der Waals surface area contributed by atoms with Gasteiger partial charge in [-0.05, 0) is 43.2 Å². The Labute approximate surface area is 135 Å². The molecule has 2 aromatic rings. The van der Waals surface area contributed by atoms with Crippen LogP contribution in [0.1, 0.15) is 11.1 Å². The molecule has 0 bridgehead atoms. The second-order valence-corrected chi connectivity index (χ2v) is 6.81. The van der Waals surface area contributed by atoms with Crippen molar-refractivity contribution in [1.82, 2.24) is 14.5 Å². The van der Waals surface area contributed by atoms with Crippen molar-refractivity contribution in [3.05, 3.63) is 51.9 Å².